The molecule has 1 aliphatic heterocycles. The van der Waals surface area contributed by atoms with Crippen molar-refractivity contribution in [3.05, 3.63) is 23.8 Å². The number of hydrogen-bond acceptors (Lipinski definition) is 4. The molecule has 0 amide bonds. The molecule has 4 heteroatoms. The molecule has 0 N–H and O–H groups in total. The minimum absolute atomic E-state index is 0.0762. The lowest BCUT2D eigenvalue weighted by Gasteiger charge is -2.34. The van der Waals surface area contributed by atoms with Gasteiger partial charge in [-0.05, 0) is 30.7 Å². The van der Waals surface area contributed by atoms with Crippen molar-refractivity contribution in [3.63, 3.8) is 0 Å². The van der Waals surface area contributed by atoms with E-state index in [4.69, 9.17) is 9.47 Å². The van der Waals surface area contributed by atoms with Crippen LogP contribution in [0.5, 0.6) is 5.75 Å². The summed E-state index contributed by atoms with van der Waals surface area (Å²) in [5, 5.41) is 0. The first kappa shape index (κ1) is 13.7. The number of hydrogen-bond donors (Lipinski definition) is 0. The normalized spacial score (nSPS) is 16.3. The molecule has 2 rings (SSSR count). The summed E-state index contributed by atoms with van der Waals surface area (Å²) in [5.41, 5.74) is 2.45. The number of methoxy groups -OCH3 is 1. The quantitative estimate of drug-likeness (QED) is 0.786. The van der Waals surface area contributed by atoms with Crippen LogP contribution in [0.1, 0.15) is 25.3 Å². The van der Waals surface area contributed by atoms with Crippen molar-refractivity contribution >= 4 is 11.7 Å². The van der Waals surface area contributed by atoms with Crippen LogP contribution in [0.2, 0.25) is 0 Å². The van der Waals surface area contributed by atoms with Gasteiger partial charge in [-0.3, -0.25) is 4.79 Å². The zero-order chi connectivity index (χ0) is 13.8. The summed E-state index contributed by atoms with van der Waals surface area (Å²) < 4.78 is 10.5. The van der Waals surface area contributed by atoms with Gasteiger partial charge < -0.3 is 14.4 Å². The van der Waals surface area contributed by atoms with Crippen molar-refractivity contribution in [3.8, 4) is 5.75 Å². The summed E-state index contributed by atoms with van der Waals surface area (Å²) in [4.78, 5) is 13.3. The molecule has 0 aromatic heterocycles. The highest BCUT2D eigenvalue weighted by Crippen LogP contribution is 2.27. The molecule has 0 bridgehead atoms. The Labute approximate surface area is 114 Å². The SMILES string of the molecule is COc1ccc(N2CCC(OC(C)=O)CC2)c(C)c1. The Morgan fingerprint density at radius 3 is 2.53 bits per heavy atom. The maximum Gasteiger partial charge on any atom is 0.302 e. The number of carbonyl (C=O) groups is 1. The molecule has 19 heavy (non-hydrogen) atoms. The fourth-order valence-electron chi connectivity index (χ4n) is 2.56. The average Bonchev–Trinajstić information content (AvgIpc) is 2.39. The van der Waals surface area contributed by atoms with E-state index in [2.05, 4.69) is 17.9 Å². The van der Waals surface area contributed by atoms with Gasteiger partial charge >= 0.3 is 5.97 Å². The van der Waals surface area contributed by atoms with Crippen LogP contribution in [0, 0.1) is 6.92 Å². The van der Waals surface area contributed by atoms with Gasteiger partial charge in [0.25, 0.3) is 0 Å². The molecular formula is C15H21NO3. The lowest BCUT2D eigenvalue weighted by atomic mass is 10.1. The van der Waals surface area contributed by atoms with Gasteiger partial charge in [0, 0.05) is 38.5 Å². The number of aryl methyl sites for hydroxylation is 1. The minimum Gasteiger partial charge on any atom is -0.497 e. The molecule has 0 unspecified atom stereocenters. The van der Waals surface area contributed by atoms with Gasteiger partial charge in [0.05, 0.1) is 7.11 Å². The second kappa shape index (κ2) is 5.95. The van der Waals surface area contributed by atoms with E-state index in [0.29, 0.717) is 0 Å². The second-order valence-corrected chi connectivity index (χ2v) is 4.95. The first-order chi connectivity index (χ1) is 9.10. The third-order valence-corrected chi connectivity index (χ3v) is 3.52. The van der Waals surface area contributed by atoms with Crippen molar-refractivity contribution in [2.45, 2.75) is 32.8 Å². The Hall–Kier alpha value is -1.71. The highest BCUT2D eigenvalue weighted by molar-refractivity contribution is 5.66. The van der Waals surface area contributed by atoms with Crippen LogP contribution >= 0.6 is 0 Å². The second-order valence-electron chi connectivity index (χ2n) is 4.95. The molecule has 0 radical (unpaired) electrons. The Kier molecular flexibility index (Phi) is 4.30. The molecule has 1 heterocycles. The first-order valence-electron chi connectivity index (χ1n) is 6.67. The monoisotopic (exact) mass is 263 g/mol. The van der Waals surface area contributed by atoms with Crippen molar-refractivity contribution < 1.29 is 14.3 Å². The zero-order valence-electron chi connectivity index (χ0n) is 11.8. The third kappa shape index (κ3) is 3.40. The molecule has 1 fully saturated rings. The maximum atomic E-state index is 10.9. The molecule has 1 aliphatic rings. The highest BCUT2D eigenvalue weighted by atomic mass is 16.5. The molecule has 0 aliphatic carbocycles. The lowest BCUT2D eigenvalue weighted by Crippen LogP contribution is -2.37. The topological polar surface area (TPSA) is 38.8 Å². The first-order valence-corrected chi connectivity index (χ1v) is 6.67. The summed E-state index contributed by atoms with van der Waals surface area (Å²) in [6.07, 6.45) is 1.86. The van der Waals surface area contributed by atoms with Crippen LogP contribution in [0.15, 0.2) is 18.2 Å². The number of nitrogens with zero attached hydrogens (tertiary/aromatic N) is 1. The van der Waals surface area contributed by atoms with Gasteiger partial charge in [-0.25, -0.2) is 0 Å². The van der Waals surface area contributed by atoms with E-state index >= 15 is 0 Å². The fraction of sp³-hybridized carbons (Fsp3) is 0.533. The smallest absolute Gasteiger partial charge is 0.302 e. The number of rotatable bonds is 3. The van der Waals surface area contributed by atoms with E-state index < -0.39 is 0 Å². The molecule has 1 saturated heterocycles. The molecule has 1 aromatic carbocycles. The van der Waals surface area contributed by atoms with Crippen LogP contribution in [0.25, 0.3) is 0 Å². The number of piperidine rings is 1. The summed E-state index contributed by atoms with van der Waals surface area (Å²) in [5.74, 6) is 0.704. The predicted molar refractivity (Wildman–Crippen MR) is 74.7 cm³/mol. The van der Waals surface area contributed by atoms with E-state index in [-0.39, 0.29) is 12.1 Å². The van der Waals surface area contributed by atoms with Gasteiger partial charge in [-0.2, -0.15) is 0 Å². The van der Waals surface area contributed by atoms with Crippen molar-refractivity contribution in [1.29, 1.82) is 0 Å². The molecule has 0 saturated carbocycles. The fourth-order valence-corrected chi connectivity index (χ4v) is 2.56. The van der Waals surface area contributed by atoms with Crippen molar-refractivity contribution in [2.75, 3.05) is 25.1 Å². The molecule has 4 nitrogen and oxygen atoms in total. The average molecular weight is 263 g/mol. The number of carbonyl (C=O) groups excluding carboxylic acids is 1. The summed E-state index contributed by atoms with van der Waals surface area (Å²) in [7, 11) is 1.68. The summed E-state index contributed by atoms with van der Waals surface area (Å²) >= 11 is 0. The molecule has 0 atom stereocenters. The number of esters is 1. The molecule has 104 valence electrons. The van der Waals surface area contributed by atoms with Crippen LogP contribution < -0.4 is 9.64 Å². The number of benzene rings is 1. The Bertz CT molecular complexity index is 451. The van der Waals surface area contributed by atoms with Gasteiger partial charge in [-0.15, -0.1) is 0 Å². The highest BCUT2D eigenvalue weighted by Gasteiger charge is 2.22. The Balaban J connectivity index is 1.99. The van der Waals surface area contributed by atoms with Crippen LogP contribution in [0.3, 0.4) is 0 Å². The minimum atomic E-state index is -0.181. The van der Waals surface area contributed by atoms with Crippen LogP contribution in [-0.2, 0) is 9.53 Å². The Morgan fingerprint density at radius 2 is 2.00 bits per heavy atom. The van der Waals surface area contributed by atoms with Gasteiger partial charge in [0.1, 0.15) is 11.9 Å². The van der Waals surface area contributed by atoms with Crippen LogP contribution in [0.4, 0.5) is 5.69 Å². The molecule has 1 aromatic rings. The third-order valence-electron chi connectivity index (χ3n) is 3.52. The van der Waals surface area contributed by atoms with Crippen molar-refractivity contribution in [1.82, 2.24) is 0 Å². The van der Waals surface area contributed by atoms with Crippen LogP contribution in [-0.4, -0.2) is 32.3 Å². The summed E-state index contributed by atoms with van der Waals surface area (Å²) in [6, 6.07) is 6.13. The largest absolute Gasteiger partial charge is 0.497 e. The van der Waals surface area contributed by atoms with E-state index in [0.717, 1.165) is 31.7 Å². The van der Waals surface area contributed by atoms with Crippen molar-refractivity contribution in [2.24, 2.45) is 0 Å². The van der Waals surface area contributed by atoms with E-state index in [9.17, 15) is 4.79 Å². The maximum absolute atomic E-state index is 10.9. The lowest BCUT2D eigenvalue weighted by molar-refractivity contribution is -0.147. The van der Waals surface area contributed by atoms with Gasteiger partial charge in [0.2, 0.25) is 0 Å². The predicted octanol–water partition coefficient (Wildman–Crippen LogP) is 2.54. The zero-order valence-corrected chi connectivity index (χ0v) is 11.8. The number of ether oxygens (including phenoxy) is 2. The van der Waals surface area contributed by atoms with E-state index in [1.54, 1.807) is 7.11 Å². The van der Waals surface area contributed by atoms with E-state index in [1.165, 1.54) is 18.2 Å². The molecular weight excluding hydrogens is 242 g/mol. The van der Waals surface area contributed by atoms with E-state index in [1.807, 2.05) is 12.1 Å². The Morgan fingerprint density at radius 1 is 1.32 bits per heavy atom. The van der Waals surface area contributed by atoms with Gasteiger partial charge in [-0.1, -0.05) is 0 Å². The number of anilines is 1. The van der Waals surface area contributed by atoms with Gasteiger partial charge in [0.15, 0.2) is 0 Å². The standard InChI is InChI=1S/C15H21NO3/c1-11-10-14(18-3)4-5-15(11)16-8-6-13(7-9-16)19-12(2)17/h4-5,10,13H,6-9H2,1-3H3. The molecule has 0 spiro atoms. The summed E-state index contributed by atoms with van der Waals surface area (Å²) in [6.45, 7) is 5.41.